The number of amides is 2. The molecule has 0 unspecified atom stereocenters. The van der Waals surface area contributed by atoms with Gasteiger partial charge in [-0.1, -0.05) is 13.8 Å². The van der Waals surface area contributed by atoms with Crippen LogP contribution in [0.5, 0.6) is 0 Å². The van der Waals surface area contributed by atoms with Crippen molar-refractivity contribution in [3.8, 4) is 0 Å². The number of nitrogens with zero attached hydrogens (tertiary/aromatic N) is 6. The number of nitrogens with one attached hydrogen (secondary N) is 2. The van der Waals surface area contributed by atoms with Gasteiger partial charge in [0.25, 0.3) is 11.8 Å². The van der Waals surface area contributed by atoms with Crippen molar-refractivity contribution in [1.82, 2.24) is 30.0 Å². The summed E-state index contributed by atoms with van der Waals surface area (Å²) in [6, 6.07) is 5.33. The van der Waals surface area contributed by atoms with Crippen molar-refractivity contribution < 1.29 is 9.59 Å². The van der Waals surface area contributed by atoms with Gasteiger partial charge >= 0.3 is 0 Å². The summed E-state index contributed by atoms with van der Waals surface area (Å²) in [5.41, 5.74) is 7.67. The SMILES string of the molecule is CC(C)c1ccc(C(=O)N[C@@H]2CCCN(c3nnc(C(N)=O)c(Nc4ccn(C)c4)n3)[C@@H]2C)cn1. The van der Waals surface area contributed by atoms with E-state index in [4.69, 9.17) is 5.73 Å². The topological polar surface area (TPSA) is 144 Å². The largest absolute Gasteiger partial charge is 0.364 e. The first-order chi connectivity index (χ1) is 16.7. The molecule has 3 aromatic heterocycles. The van der Waals surface area contributed by atoms with E-state index in [1.165, 1.54) is 0 Å². The Morgan fingerprint density at radius 1 is 1.20 bits per heavy atom. The van der Waals surface area contributed by atoms with Gasteiger partial charge in [-0.15, -0.1) is 10.2 Å². The van der Waals surface area contributed by atoms with Crippen molar-refractivity contribution in [2.75, 3.05) is 16.8 Å². The third-order valence-electron chi connectivity index (χ3n) is 6.21. The molecular formula is C24H31N9O2. The van der Waals surface area contributed by atoms with Crippen molar-refractivity contribution >= 4 is 29.3 Å². The van der Waals surface area contributed by atoms with Gasteiger partial charge in [0.2, 0.25) is 5.95 Å². The molecule has 4 heterocycles. The summed E-state index contributed by atoms with van der Waals surface area (Å²) in [7, 11) is 1.89. The van der Waals surface area contributed by atoms with Gasteiger partial charge < -0.3 is 25.8 Å². The molecule has 2 atom stereocenters. The summed E-state index contributed by atoms with van der Waals surface area (Å²) >= 11 is 0. The van der Waals surface area contributed by atoms with Crippen LogP contribution in [0.2, 0.25) is 0 Å². The van der Waals surface area contributed by atoms with Gasteiger partial charge in [-0.05, 0) is 43.9 Å². The standard InChI is InChI=1S/C24H31N9O2/c1-14(2)18-8-7-16(12-26-18)23(35)28-19-6-5-10-33(15(19)3)24-29-22(20(21(25)34)30-31-24)27-17-9-11-32(4)13-17/h7-9,11-15,19H,5-6,10H2,1-4H3,(H2,25,34)(H,28,35)(H,27,29,31)/t15-,19-/m1/s1. The van der Waals surface area contributed by atoms with Gasteiger partial charge in [0.05, 0.1) is 11.3 Å². The molecule has 184 valence electrons. The van der Waals surface area contributed by atoms with Crippen LogP contribution in [0.3, 0.4) is 0 Å². The highest BCUT2D eigenvalue weighted by Crippen LogP contribution is 2.25. The van der Waals surface area contributed by atoms with E-state index in [-0.39, 0.29) is 29.5 Å². The second-order valence-corrected chi connectivity index (χ2v) is 9.15. The number of aryl methyl sites for hydroxylation is 1. The number of anilines is 3. The zero-order valence-electron chi connectivity index (χ0n) is 20.4. The van der Waals surface area contributed by atoms with Gasteiger partial charge in [-0.3, -0.25) is 14.6 Å². The Labute approximate surface area is 204 Å². The molecule has 35 heavy (non-hydrogen) atoms. The molecule has 4 rings (SSSR count). The van der Waals surface area contributed by atoms with Crippen LogP contribution in [0.1, 0.15) is 66.1 Å². The first-order valence-corrected chi connectivity index (χ1v) is 11.7. The fraction of sp³-hybridized carbons (Fsp3) is 0.417. The summed E-state index contributed by atoms with van der Waals surface area (Å²) in [5.74, 6) is 0.0195. The van der Waals surface area contributed by atoms with E-state index in [0.29, 0.717) is 24.0 Å². The molecule has 0 aliphatic carbocycles. The Morgan fingerprint density at radius 3 is 2.63 bits per heavy atom. The maximum absolute atomic E-state index is 12.9. The first kappa shape index (κ1) is 24.1. The third kappa shape index (κ3) is 5.39. The maximum atomic E-state index is 12.9. The Kier molecular flexibility index (Phi) is 6.94. The van der Waals surface area contributed by atoms with Crippen molar-refractivity contribution in [2.24, 2.45) is 12.8 Å². The lowest BCUT2D eigenvalue weighted by atomic mass is 9.97. The van der Waals surface area contributed by atoms with Crippen LogP contribution in [-0.4, -0.2) is 55.2 Å². The van der Waals surface area contributed by atoms with E-state index in [1.807, 2.05) is 48.0 Å². The van der Waals surface area contributed by atoms with Crippen LogP contribution >= 0.6 is 0 Å². The van der Waals surface area contributed by atoms with Crippen LogP contribution in [-0.2, 0) is 7.05 Å². The summed E-state index contributed by atoms with van der Waals surface area (Å²) in [4.78, 5) is 35.8. The van der Waals surface area contributed by atoms with Gasteiger partial charge in [0.15, 0.2) is 11.5 Å². The highest BCUT2D eigenvalue weighted by Gasteiger charge is 2.32. The van der Waals surface area contributed by atoms with E-state index in [9.17, 15) is 9.59 Å². The highest BCUT2D eigenvalue weighted by molar-refractivity contribution is 5.96. The van der Waals surface area contributed by atoms with Crippen molar-refractivity contribution in [1.29, 1.82) is 0 Å². The smallest absolute Gasteiger partial charge is 0.273 e. The average Bonchev–Trinajstić information content (AvgIpc) is 3.24. The number of hydrogen-bond donors (Lipinski definition) is 3. The van der Waals surface area contributed by atoms with Crippen molar-refractivity contribution in [3.05, 3.63) is 53.7 Å². The molecule has 1 aliphatic heterocycles. The number of rotatable bonds is 7. The van der Waals surface area contributed by atoms with Gasteiger partial charge in [-0.25, -0.2) is 0 Å². The zero-order chi connectivity index (χ0) is 25.1. The summed E-state index contributed by atoms with van der Waals surface area (Å²) < 4.78 is 1.87. The van der Waals surface area contributed by atoms with Gasteiger partial charge in [0, 0.05) is 50.0 Å². The molecule has 0 spiro atoms. The van der Waals surface area contributed by atoms with Gasteiger partial charge in [-0.2, -0.15) is 4.98 Å². The number of hydrogen-bond acceptors (Lipinski definition) is 8. The first-order valence-electron chi connectivity index (χ1n) is 11.7. The number of carbonyl (C=O) groups is 2. The number of nitrogens with two attached hydrogens (primary N) is 1. The lowest BCUT2D eigenvalue weighted by Gasteiger charge is -2.39. The van der Waals surface area contributed by atoms with E-state index < -0.39 is 5.91 Å². The zero-order valence-corrected chi connectivity index (χ0v) is 20.4. The Bertz CT molecular complexity index is 1210. The summed E-state index contributed by atoms with van der Waals surface area (Å²) in [6.07, 6.45) is 7.00. The molecule has 11 heteroatoms. The molecule has 0 saturated carbocycles. The molecule has 11 nitrogen and oxygen atoms in total. The molecule has 2 amide bonds. The fourth-order valence-electron chi connectivity index (χ4n) is 4.16. The quantitative estimate of drug-likeness (QED) is 0.470. The third-order valence-corrected chi connectivity index (χ3v) is 6.21. The second kappa shape index (κ2) is 10.1. The van der Waals surface area contributed by atoms with Crippen LogP contribution in [0.15, 0.2) is 36.8 Å². The Morgan fingerprint density at radius 2 is 2.00 bits per heavy atom. The molecule has 1 saturated heterocycles. The highest BCUT2D eigenvalue weighted by atomic mass is 16.2. The molecule has 0 aromatic carbocycles. The minimum Gasteiger partial charge on any atom is -0.364 e. The van der Waals surface area contributed by atoms with Crippen LogP contribution in [0.25, 0.3) is 0 Å². The molecular weight excluding hydrogens is 446 g/mol. The average molecular weight is 478 g/mol. The Hall–Kier alpha value is -4.02. The predicted octanol–water partition coefficient (Wildman–Crippen LogP) is 2.36. The van der Waals surface area contributed by atoms with Crippen LogP contribution < -0.4 is 21.3 Å². The molecule has 4 N–H and O–H groups in total. The number of aromatic nitrogens is 5. The minimum atomic E-state index is -0.719. The van der Waals surface area contributed by atoms with E-state index in [2.05, 4.69) is 44.6 Å². The molecule has 3 aromatic rings. The van der Waals surface area contributed by atoms with Gasteiger partial charge in [0.1, 0.15) is 0 Å². The van der Waals surface area contributed by atoms with Crippen molar-refractivity contribution in [3.63, 3.8) is 0 Å². The second-order valence-electron chi connectivity index (χ2n) is 9.15. The maximum Gasteiger partial charge on any atom is 0.273 e. The predicted molar refractivity (Wildman–Crippen MR) is 133 cm³/mol. The van der Waals surface area contributed by atoms with Crippen LogP contribution in [0, 0.1) is 0 Å². The van der Waals surface area contributed by atoms with Crippen molar-refractivity contribution in [2.45, 2.75) is 51.6 Å². The number of piperidine rings is 1. The minimum absolute atomic E-state index is 0.0375. The van der Waals surface area contributed by atoms with E-state index >= 15 is 0 Å². The fourth-order valence-corrected chi connectivity index (χ4v) is 4.16. The summed E-state index contributed by atoms with van der Waals surface area (Å²) in [5, 5.41) is 14.5. The molecule has 1 fully saturated rings. The van der Waals surface area contributed by atoms with E-state index in [0.717, 1.165) is 24.2 Å². The lowest BCUT2D eigenvalue weighted by molar-refractivity contribution is 0.0922. The number of primary amides is 1. The Balaban J connectivity index is 1.52. The normalized spacial score (nSPS) is 17.9. The van der Waals surface area contributed by atoms with Crippen LogP contribution in [0.4, 0.5) is 17.5 Å². The lowest BCUT2D eigenvalue weighted by Crippen LogP contribution is -2.54. The number of carbonyl (C=O) groups excluding carboxylic acids is 2. The molecule has 1 aliphatic rings. The number of pyridine rings is 1. The monoisotopic (exact) mass is 477 g/mol. The molecule has 0 bridgehead atoms. The molecule has 0 radical (unpaired) electrons. The van der Waals surface area contributed by atoms with E-state index in [1.54, 1.807) is 12.3 Å². The summed E-state index contributed by atoms with van der Waals surface area (Å²) in [6.45, 7) is 6.84.